The first-order valence-electron chi connectivity index (χ1n) is 6.28. The number of primary amides is 1. The molecule has 0 aliphatic heterocycles. The smallest absolute Gasteiger partial charge is 0.270 e. The molecule has 5 nitrogen and oxygen atoms in total. The summed E-state index contributed by atoms with van der Waals surface area (Å²) in [5.41, 5.74) is 5.78. The van der Waals surface area contributed by atoms with Crippen molar-refractivity contribution in [2.24, 2.45) is 11.7 Å². The minimum Gasteiger partial charge on any atom is -0.368 e. The van der Waals surface area contributed by atoms with Gasteiger partial charge in [0, 0.05) is 23.8 Å². The van der Waals surface area contributed by atoms with Gasteiger partial charge in [-0.15, -0.1) is 0 Å². The van der Waals surface area contributed by atoms with E-state index in [1.54, 1.807) is 6.07 Å². The van der Waals surface area contributed by atoms with E-state index in [1.165, 1.54) is 4.90 Å². The van der Waals surface area contributed by atoms with Crippen LogP contribution in [0.3, 0.4) is 0 Å². The maximum atomic E-state index is 12.5. The van der Waals surface area contributed by atoms with Crippen molar-refractivity contribution in [1.29, 1.82) is 0 Å². The van der Waals surface area contributed by atoms with E-state index in [0.29, 0.717) is 18.8 Å². The van der Waals surface area contributed by atoms with Crippen molar-refractivity contribution in [2.45, 2.75) is 27.3 Å². The molecule has 0 saturated heterocycles. The molecule has 0 bridgehead atoms. The lowest BCUT2D eigenvalue weighted by Crippen LogP contribution is -2.41. The summed E-state index contributed by atoms with van der Waals surface area (Å²) in [5, 5.41) is 0. The van der Waals surface area contributed by atoms with Crippen LogP contribution in [0.4, 0.5) is 0 Å². The summed E-state index contributed by atoms with van der Waals surface area (Å²) in [6.07, 6.45) is 1.85. The van der Waals surface area contributed by atoms with E-state index in [4.69, 9.17) is 5.73 Å². The van der Waals surface area contributed by atoms with Gasteiger partial charge in [-0.25, -0.2) is 0 Å². The number of aryl methyl sites for hydroxylation is 1. The Morgan fingerprint density at radius 1 is 1.47 bits per heavy atom. The monoisotopic (exact) mass is 329 g/mol. The van der Waals surface area contributed by atoms with Gasteiger partial charge in [-0.3, -0.25) is 9.59 Å². The number of nitrogens with two attached hydrogens (primary N) is 1. The van der Waals surface area contributed by atoms with Crippen molar-refractivity contribution in [3.8, 4) is 0 Å². The van der Waals surface area contributed by atoms with Crippen LogP contribution in [0.15, 0.2) is 16.7 Å². The van der Waals surface area contributed by atoms with Crippen LogP contribution in [-0.4, -0.2) is 34.4 Å². The molecule has 106 valence electrons. The second-order valence-corrected chi connectivity index (χ2v) is 5.79. The number of hydrogen-bond donors (Lipinski definition) is 1. The molecule has 0 aromatic carbocycles. The van der Waals surface area contributed by atoms with E-state index < -0.39 is 5.91 Å². The number of rotatable bonds is 6. The topological polar surface area (TPSA) is 68.3 Å². The van der Waals surface area contributed by atoms with Gasteiger partial charge in [0.25, 0.3) is 5.91 Å². The van der Waals surface area contributed by atoms with Crippen LogP contribution in [0.2, 0.25) is 0 Å². The van der Waals surface area contributed by atoms with Crippen LogP contribution < -0.4 is 5.73 Å². The van der Waals surface area contributed by atoms with Gasteiger partial charge in [-0.05, 0) is 34.8 Å². The molecular formula is C13H20BrN3O2. The lowest BCUT2D eigenvalue weighted by molar-refractivity contribution is -0.118. The number of amides is 2. The van der Waals surface area contributed by atoms with E-state index in [2.05, 4.69) is 15.9 Å². The Bertz CT molecular complexity index is 468. The molecule has 1 aromatic heterocycles. The van der Waals surface area contributed by atoms with E-state index in [9.17, 15) is 9.59 Å². The van der Waals surface area contributed by atoms with Crippen LogP contribution in [0, 0.1) is 5.92 Å². The van der Waals surface area contributed by atoms with Gasteiger partial charge in [0.1, 0.15) is 5.69 Å². The van der Waals surface area contributed by atoms with Crippen LogP contribution in [0.5, 0.6) is 0 Å². The quantitative estimate of drug-likeness (QED) is 0.865. The molecular weight excluding hydrogens is 310 g/mol. The number of halogens is 1. The van der Waals surface area contributed by atoms with Crippen molar-refractivity contribution >= 4 is 27.7 Å². The molecule has 6 heteroatoms. The Morgan fingerprint density at radius 2 is 2.11 bits per heavy atom. The van der Waals surface area contributed by atoms with Crippen molar-refractivity contribution in [3.63, 3.8) is 0 Å². The summed E-state index contributed by atoms with van der Waals surface area (Å²) >= 11 is 3.36. The van der Waals surface area contributed by atoms with Gasteiger partial charge in [0.2, 0.25) is 5.91 Å². The molecule has 0 radical (unpaired) electrons. The molecule has 0 atom stereocenters. The van der Waals surface area contributed by atoms with E-state index in [-0.39, 0.29) is 18.4 Å². The Kier molecular flexibility index (Phi) is 5.60. The van der Waals surface area contributed by atoms with E-state index in [0.717, 1.165) is 4.47 Å². The molecule has 19 heavy (non-hydrogen) atoms. The number of hydrogen-bond acceptors (Lipinski definition) is 2. The molecule has 1 rings (SSSR count). The maximum Gasteiger partial charge on any atom is 0.270 e. The first kappa shape index (κ1) is 15.8. The number of carbonyl (C=O) groups excluding carboxylic acids is 2. The predicted octanol–water partition coefficient (Wildman–Crippen LogP) is 1.85. The molecule has 0 aliphatic carbocycles. The molecule has 0 spiro atoms. The van der Waals surface area contributed by atoms with Crippen molar-refractivity contribution < 1.29 is 9.59 Å². The summed E-state index contributed by atoms with van der Waals surface area (Å²) in [5.74, 6) is -0.389. The third kappa shape index (κ3) is 4.38. The van der Waals surface area contributed by atoms with Crippen molar-refractivity contribution in [3.05, 3.63) is 22.4 Å². The van der Waals surface area contributed by atoms with Crippen LogP contribution in [0.25, 0.3) is 0 Å². The first-order valence-corrected chi connectivity index (χ1v) is 7.07. The molecule has 1 aromatic rings. The van der Waals surface area contributed by atoms with Crippen molar-refractivity contribution in [2.75, 3.05) is 13.1 Å². The predicted molar refractivity (Wildman–Crippen MR) is 77.7 cm³/mol. The standard InChI is InChI=1S/C13H20BrN3O2/c1-4-16-7-10(14)5-11(16)13(19)17(6-9(2)3)8-12(15)18/h5,7,9H,4,6,8H2,1-3H3,(H2,15,18). The number of carbonyl (C=O) groups is 2. The number of aromatic nitrogens is 1. The highest BCUT2D eigenvalue weighted by molar-refractivity contribution is 9.10. The molecule has 2 N–H and O–H groups in total. The minimum atomic E-state index is -0.498. The Labute approximate surface area is 121 Å². The highest BCUT2D eigenvalue weighted by Gasteiger charge is 2.21. The fourth-order valence-electron chi connectivity index (χ4n) is 1.93. The molecule has 1 heterocycles. The Hall–Kier alpha value is -1.30. The zero-order valence-electron chi connectivity index (χ0n) is 11.5. The highest BCUT2D eigenvalue weighted by Crippen LogP contribution is 2.17. The van der Waals surface area contributed by atoms with E-state index in [1.807, 2.05) is 31.5 Å². The third-order valence-corrected chi connectivity index (χ3v) is 3.08. The fraction of sp³-hybridized carbons (Fsp3) is 0.538. The normalized spacial score (nSPS) is 10.8. The Morgan fingerprint density at radius 3 is 2.58 bits per heavy atom. The largest absolute Gasteiger partial charge is 0.368 e. The molecule has 2 amide bonds. The summed E-state index contributed by atoms with van der Waals surface area (Å²) in [4.78, 5) is 25.1. The molecule has 0 unspecified atom stereocenters. The molecule has 0 aliphatic rings. The molecule has 0 saturated carbocycles. The number of nitrogens with zero attached hydrogens (tertiary/aromatic N) is 2. The maximum absolute atomic E-state index is 12.5. The Balaban J connectivity index is 3.00. The summed E-state index contributed by atoms with van der Waals surface area (Å²) in [6, 6.07) is 1.76. The summed E-state index contributed by atoms with van der Waals surface area (Å²) < 4.78 is 2.70. The lowest BCUT2D eigenvalue weighted by atomic mass is 10.2. The van der Waals surface area contributed by atoms with Crippen LogP contribution in [-0.2, 0) is 11.3 Å². The fourth-order valence-corrected chi connectivity index (χ4v) is 2.39. The van der Waals surface area contributed by atoms with Gasteiger partial charge >= 0.3 is 0 Å². The van der Waals surface area contributed by atoms with Crippen molar-refractivity contribution in [1.82, 2.24) is 9.47 Å². The molecule has 0 fully saturated rings. The lowest BCUT2D eigenvalue weighted by Gasteiger charge is -2.23. The average molecular weight is 330 g/mol. The SMILES string of the molecule is CCn1cc(Br)cc1C(=O)N(CC(N)=O)CC(C)C. The first-order chi connectivity index (χ1) is 8.85. The summed E-state index contributed by atoms with van der Waals surface area (Å²) in [7, 11) is 0. The minimum absolute atomic E-state index is 0.0521. The van der Waals surface area contributed by atoms with E-state index >= 15 is 0 Å². The summed E-state index contributed by atoms with van der Waals surface area (Å²) in [6.45, 7) is 7.10. The van der Waals surface area contributed by atoms with Crippen LogP contribution in [0.1, 0.15) is 31.3 Å². The third-order valence-electron chi connectivity index (χ3n) is 2.64. The van der Waals surface area contributed by atoms with Gasteiger partial charge in [0.15, 0.2) is 0 Å². The highest BCUT2D eigenvalue weighted by atomic mass is 79.9. The van der Waals surface area contributed by atoms with Gasteiger partial charge in [-0.1, -0.05) is 13.8 Å². The second kappa shape index (κ2) is 6.75. The van der Waals surface area contributed by atoms with Gasteiger partial charge in [-0.2, -0.15) is 0 Å². The van der Waals surface area contributed by atoms with Gasteiger partial charge < -0.3 is 15.2 Å². The van der Waals surface area contributed by atoms with Gasteiger partial charge in [0.05, 0.1) is 6.54 Å². The average Bonchev–Trinajstić information content (AvgIpc) is 2.67. The zero-order chi connectivity index (χ0) is 14.6. The second-order valence-electron chi connectivity index (χ2n) is 4.88. The van der Waals surface area contributed by atoms with Crippen LogP contribution >= 0.6 is 15.9 Å². The zero-order valence-corrected chi connectivity index (χ0v) is 13.1.